The predicted molar refractivity (Wildman–Crippen MR) is 123 cm³/mol. The Labute approximate surface area is 186 Å². The lowest BCUT2D eigenvalue weighted by molar-refractivity contribution is -0.123. The summed E-state index contributed by atoms with van der Waals surface area (Å²) in [7, 11) is -1.61. The number of sulfonamides is 1. The zero-order valence-corrected chi connectivity index (χ0v) is 19.2. The van der Waals surface area contributed by atoms with Gasteiger partial charge in [0.05, 0.1) is 30.1 Å². The van der Waals surface area contributed by atoms with Crippen LogP contribution < -0.4 is 9.64 Å². The Hall–Kier alpha value is -2.49. The van der Waals surface area contributed by atoms with Gasteiger partial charge < -0.3 is 4.74 Å². The number of carbonyl (C=O) groups is 1. The van der Waals surface area contributed by atoms with Crippen molar-refractivity contribution in [3.8, 4) is 5.75 Å². The summed E-state index contributed by atoms with van der Waals surface area (Å²) in [5.74, 6) is 0.503. The lowest BCUT2D eigenvalue weighted by Crippen LogP contribution is -2.44. The third-order valence-electron chi connectivity index (χ3n) is 5.54. The summed E-state index contributed by atoms with van der Waals surface area (Å²) in [5.41, 5.74) is 1.83. The molecule has 1 aliphatic rings. The SMILES string of the molecule is COc1ccc2nc(N(Cc3ccccc3)C(=O)C3CCN(S(C)(=O)=O)CC3)sc2c1. The molecule has 1 fully saturated rings. The number of hydrogen-bond acceptors (Lipinski definition) is 6. The number of piperidine rings is 1. The van der Waals surface area contributed by atoms with E-state index in [1.807, 2.05) is 48.5 Å². The van der Waals surface area contributed by atoms with Crippen LogP contribution in [-0.2, 0) is 21.4 Å². The average molecular weight is 460 g/mol. The second-order valence-electron chi connectivity index (χ2n) is 7.68. The van der Waals surface area contributed by atoms with Gasteiger partial charge in [0.15, 0.2) is 5.13 Å². The molecule has 0 bridgehead atoms. The van der Waals surface area contributed by atoms with Crippen LogP contribution in [0, 0.1) is 5.92 Å². The summed E-state index contributed by atoms with van der Waals surface area (Å²) < 4.78 is 31.4. The summed E-state index contributed by atoms with van der Waals surface area (Å²) in [6.07, 6.45) is 2.23. The van der Waals surface area contributed by atoms with E-state index in [-0.39, 0.29) is 11.8 Å². The van der Waals surface area contributed by atoms with Crippen molar-refractivity contribution in [2.75, 3.05) is 31.4 Å². The molecule has 1 aliphatic heterocycles. The summed E-state index contributed by atoms with van der Waals surface area (Å²) in [4.78, 5) is 20.0. The van der Waals surface area contributed by atoms with Gasteiger partial charge in [-0.25, -0.2) is 17.7 Å². The highest BCUT2D eigenvalue weighted by atomic mass is 32.2. The highest BCUT2D eigenvalue weighted by Gasteiger charge is 2.33. The minimum Gasteiger partial charge on any atom is -0.497 e. The van der Waals surface area contributed by atoms with Gasteiger partial charge in [0.1, 0.15) is 5.75 Å². The number of amides is 1. The van der Waals surface area contributed by atoms with Crippen molar-refractivity contribution in [1.82, 2.24) is 9.29 Å². The first-order valence-corrected chi connectivity index (χ1v) is 12.8. The van der Waals surface area contributed by atoms with Crippen LogP contribution in [0.5, 0.6) is 5.75 Å². The van der Waals surface area contributed by atoms with E-state index in [1.54, 1.807) is 12.0 Å². The van der Waals surface area contributed by atoms with E-state index in [0.29, 0.717) is 37.6 Å². The van der Waals surface area contributed by atoms with Gasteiger partial charge in [-0.1, -0.05) is 41.7 Å². The molecule has 2 heterocycles. The fourth-order valence-electron chi connectivity index (χ4n) is 3.80. The maximum atomic E-state index is 13.6. The molecule has 0 spiro atoms. The van der Waals surface area contributed by atoms with Gasteiger partial charge in [0, 0.05) is 19.0 Å². The lowest BCUT2D eigenvalue weighted by Gasteiger charge is -2.32. The summed E-state index contributed by atoms with van der Waals surface area (Å²) in [6, 6.07) is 15.5. The molecule has 0 aliphatic carbocycles. The second kappa shape index (κ2) is 8.94. The second-order valence-corrected chi connectivity index (χ2v) is 10.7. The fraction of sp³-hybridized carbons (Fsp3) is 0.364. The van der Waals surface area contributed by atoms with E-state index < -0.39 is 10.0 Å². The lowest BCUT2D eigenvalue weighted by atomic mass is 9.96. The molecule has 3 aromatic rings. The number of methoxy groups -OCH3 is 1. The van der Waals surface area contributed by atoms with Crippen LogP contribution in [0.1, 0.15) is 18.4 Å². The van der Waals surface area contributed by atoms with Crippen LogP contribution in [0.4, 0.5) is 5.13 Å². The van der Waals surface area contributed by atoms with Crippen LogP contribution in [0.3, 0.4) is 0 Å². The highest BCUT2D eigenvalue weighted by molar-refractivity contribution is 7.88. The van der Waals surface area contributed by atoms with E-state index in [2.05, 4.69) is 0 Å². The maximum absolute atomic E-state index is 13.6. The molecular weight excluding hydrogens is 434 g/mol. The Morgan fingerprint density at radius 1 is 1.19 bits per heavy atom. The van der Waals surface area contributed by atoms with E-state index >= 15 is 0 Å². The third kappa shape index (κ3) is 4.89. The number of aromatic nitrogens is 1. The molecule has 0 N–H and O–H groups in total. The molecular formula is C22H25N3O4S2. The van der Waals surface area contributed by atoms with Crippen molar-refractivity contribution < 1.29 is 17.9 Å². The molecule has 1 aromatic heterocycles. The first-order chi connectivity index (χ1) is 14.8. The van der Waals surface area contributed by atoms with E-state index in [0.717, 1.165) is 21.5 Å². The zero-order chi connectivity index (χ0) is 22.0. The van der Waals surface area contributed by atoms with Crippen molar-refractivity contribution in [3.63, 3.8) is 0 Å². The summed E-state index contributed by atoms with van der Waals surface area (Å²) in [6.45, 7) is 1.15. The van der Waals surface area contributed by atoms with Gasteiger partial charge in [0.25, 0.3) is 0 Å². The quantitative estimate of drug-likeness (QED) is 0.564. The minimum absolute atomic E-state index is 0.0111. The fourth-order valence-corrected chi connectivity index (χ4v) is 5.67. The normalized spacial score (nSPS) is 15.8. The van der Waals surface area contributed by atoms with E-state index in [4.69, 9.17) is 9.72 Å². The Bertz CT molecular complexity index is 1170. The Balaban J connectivity index is 1.62. The molecule has 0 saturated carbocycles. The average Bonchev–Trinajstić information content (AvgIpc) is 3.20. The standard InChI is InChI=1S/C22H25N3O4S2/c1-29-18-8-9-19-20(14-18)30-22(23-19)25(15-16-6-4-3-5-7-16)21(26)17-10-12-24(13-11-17)31(2,27)28/h3-9,14,17H,10-13,15H2,1-2H3. The van der Waals surface area contributed by atoms with Crippen LogP contribution >= 0.6 is 11.3 Å². The number of hydrogen-bond donors (Lipinski definition) is 0. The van der Waals surface area contributed by atoms with E-state index in [1.165, 1.54) is 21.9 Å². The predicted octanol–water partition coefficient (Wildman–Crippen LogP) is 3.51. The first-order valence-electron chi connectivity index (χ1n) is 10.1. The van der Waals surface area contributed by atoms with Gasteiger partial charge in [-0.2, -0.15) is 0 Å². The van der Waals surface area contributed by atoms with Crippen molar-refractivity contribution in [3.05, 3.63) is 54.1 Å². The van der Waals surface area contributed by atoms with Crippen LogP contribution in [0.25, 0.3) is 10.2 Å². The molecule has 0 atom stereocenters. The van der Waals surface area contributed by atoms with Crippen molar-refractivity contribution in [1.29, 1.82) is 0 Å². The van der Waals surface area contributed by atoms with Crippen molar-refractivity contribution in [2.24, 2.45) is 5.92 Å². The van der Waals surface area contributed by atoms with E-state index in [9.17, 15) is 13.2 Å². The molecule has 0 radical (unpaired) electrons. The number of carbonyl (C=O) groups excluding carboxylic acids is 1. The van der Waals surface area contributed by atoms with Crippen LogP contribution in [0.2, 0.25) is 0 Å². The highest BCUT2D eigenvalue weighted by Crippen LogP contribution is 2.34. The maximum Gasteiger partial charge on any atom is 0.232 e. The number of anilines is 1. The number of thiazole rings is 1. The molecule has 4 rings (SSSR count). The number of nitrogens with zero attached hydrogens (tertiary/aromatic N) is 3. The van der Waals surface area contributed by atoms with Gasteiger partial charge in [-0.05, 0) is 36.6 Å². The van der Waals surface area contributed by atoms with Crippen LogP contribution in [0.15, 0.2) is 48.5 Å². The number of ether oxygens (including phenoxy) is 1. The Morgan fingerprint density at radius 2 is 1.90 bits per heavy atom. The number of fused-ring (bicyclic) bond motifs is 1. The van der Waals surface area contributed by atoms with Crippen LogP contribution in [-0.4, -0.2) is 50.1 Å². The summed E-state index contributed by atoms with van der Waals surface area (Å²) >= 11 is 1.46. The molecule has 0 unspecified atom stereocenters. The Morgan fingerprint density at radius 3 is 2.55 bits per heavy atom. The molecule has 9 heteroatoms. The largest absolute Gasteiger partial charge is 0.497 e. The summed E-state index contributed by atoms with van der Waals surface area (Å²) in [5, 5.41) is 0.641. The molecule has 164 valence electrons. The molecule has 1 saturated heterocycles. The Kier molecular flexibility index (Phi) is 6.27. The van der Waals surface area contributed by atoms with Gasteiger partial charge in [-0.15, -0.1) is 0 Å². The molecule has 31 heavy (non-hydrogen) atoms. The minimum atomic E-state index is -3.23. The van der Waals surface area contributed by atoms with Crippen molar-refractivity contribution in [2.45, 2.75) is 19.4 Å². The number of benzene rings is 2. The monoisotopic (exact) mass is 459 g/mol. The zero-order valence-electron chi connectivity index (χ0n) is 17.5. The van der Waals surface area contributed by atoms with Gasteiger partial charge in [-0.3, -0.25) is 9.69 Å². The van der Waals surface area contributed by atoms with Crippen molar-refractivity contribution >= 4 is 42.6 Å². The number of rotatable bonds is 6. The van der Waals surface area contributed by atoms with Gasteiger partial charge in [0.2, 0.25) is 15.9 Å². The first kappa shape index (κ1) is 21.7. The molecule has 2 aromatic carbocycles. The smallest absolute Gasteiger partial charge is 0.232 e. The third-order valence-corrected chi connectivity index (χ3v) is 7.88. The topological polar surface area (TPSA) is 79.8 Å². The molecule has 7 nitrogen and oxygen atoms in total. The van der Waals surface area contributed by atoms with Gasteiger partial charge >= 0.3 is 0 Å². The molecule has 1 amide bonds.